The average Bonchev–Trinajstić information content (AvgIpc) is 3.67. The molecular formula is C49H35NO. The molecule has 0 bridgehead atoms. The summed E-state index contributed by atoms with van der Waals surface area (Å²) in [5, 5.41) is 4.68. The molecule has 1 heterocycles. The van der Waals surface area contributed by atoms with E-state index in [4.69, 9.17) is 4.42 Å². The Morgan fingerprint density at radius 3 is 1.84 bits per heavy atom. The first-order valence-electron chi connectivity index (χ1n) is 17.7. The van der Waals surface area contributed by atoms with Gasteiger partial charge >= 0.3 is 0 Å². The Morgan fingerprint density at radius 2 is 1.00 bits per heavy atom. The van der Waals surface area contributed by atoms with Crippen molar-refractivity contribution in [2.24, 2.45) is 0 Å². The fourth-order valence-corrected chi connectivity index (χ4v) is 8.32. The second-order valence-electron chi connectivity index (χ2n) is 14.1. The van der Waals surface area contributed by atoms with E-state index >= 15 is 0 Å². The molecular weight excluding hydrogens is 619 g/mol. The maximum atomic E-state index is 6.18. The summed E-state index contributed by atoms with van der Waals surface area (Å²) in [7, 11) is 0. The monoisotopic (exact) mass is 653 g/mol. The normalized spacial score (nSPS) is 13.1. The van der Waals surface area contributed by atoms with Crippen LogP contribution in [0.3, 0.4) is 0 Å². The fourth-order valence-electron chi connectivity index (χ4n) is 8.32. The van der Waals surface area contributed by atoms with Crippen molar-refractivity contribution in [3.63, 3.8) is 0 Å². The minimum Gasteiger partial charge on any atom is -0.456 e. The highest BCUT2D eigenvalue weighted by atomic mass is 16.3. The molecule has 1 aliphatic carbocycles. The topological polar surface area (TPSA) is 16.4 Å². The molecule has 0 radical (unpaired) electrons. The van der Waals surface area contributed by atoms with E-state index in [9.17, 15) is 0 Å². The number of furan rings is 1. The van der Waals surface area contributed by atoms with Gasteiger partial charge in [-0.3, -0.25) is 0 Å². The molecule has 0 amide bonds. The predicted molar refractivity (Wildman–Crippen MR) is 214 cm³/mol. The third-order valence-corrected chi connectivity index (χ3v) is 10.9. The van der Waals surface area contributed by atoms with Gasteiger partial charge in [0, 0.05) is 32.9 Å². The van der Waals surface area contributed by atoms with Gasteiger partial charge in [-0.05, 0) is 98.4 Å². The fraction of sp³-hybridized carbons (Fsp3) is 0.0612. The molecule has 51 heavy (non-hydrogen) atoms. The molecule has 0 fully saturated rings. The second-order valence-corrected chi connectivity index (χ2v) is 14.1. The largest absolute Gasteiger partial charge is 0.456 e. The van der Waals surface area contributed by atoms with Gasteiger partial charge in [-0.2, -0.15) is 0 Å². The van der Waals surface area contributed by atoms with E-state index < -0.39 is 0 Å². The maximum absolute atomic E-state index is 6.18. The molecule has 9 aromatic rings. The first-order chi connectivity index (χ1) is 25.0. The molecule has 2 nitrogen and oxygen atoms in total. The predicted octanol–water partition coefficient (Wildman–Crippen LogP) is 13.8. The van der Waals surface area contributed by atoms with Gasteiger partial charge in [-0.1, -0.05) is 141 Å². The van der Waals surface area contributed by atoms with E-state index in [0.717, 1.165) is 39.0 Å². The minimum absolute atomic E-state index is 0.105. The quantitative estimate of drug-likeness (QED) is 0.184. The number of hydrogen-bond acceptors (Lipinski definition) is 2. The summed E-state index contributed by atoms with van der Waals surface area (Å²) in [5.74, 6) is 0. The van der Waals surface area contributed by atoms with Crippen molar-refractivity contribution in [2.75, 3.05) is 4.90 Å². The molecule has 10 rings (SSSR count). The van der Waals surface area contributed by atoms with Crippen molar-refractivity contribution in [2.45, 2.75) is 19.3 Å². The van der Waals surface area contributed by atoms with Crippen LogP contribution in [0, 0.1) is 0 Å². The van der Waals surface area contributed by atoms with Gasteiger partial charge in [0.1, 0.15) is 11.2 Å². The standard InChI is InChI=1S/C49H35NO/c1-49(2)44-18-10-8-15-39(44)40-26-25-36(31-45(40)49)50(35-23-20-33(21-24-35)32-12-4-3-5-13-32)46-28-27-37(38-14-6-7-16-41(38)46)34-22-29-48-43(30-34)42-17-9-11-19-47(42)51-48/h3-31H,1-2H3. The van der Waals surface area contributed by atoms with Crippen LogP contribution in [0.1, 0.15) is 25.0 Å². The number of hydrogen-bond donors (Lipinski definition) is 0. The highest BCUT2D eigenvalue weighted by Crippen LogP contribution is 2.51. The molecule has 8 aromatic carbocycles. The van der Waals surface area contributed by atoms with Crippen molar-refractivity contribution >= 4 is 49.8 Å². The zero-order valence-corrected chi connectivity index (χ0v) is 28.6. The average molecular weight is 654 g/mol. The van der Waals surface area contributed by atoms with E-state index in [1.807, 2.05) is 12.1 Å². The highest BCUT2D eigenvalue weighted by Gasteiger charge is 2.35. The lowest BCUT2D eigenvalue weighted by molar-refractivity contribution is 0.660. The number of rotatable bonds is 5. The Labute approximate surface area is 297 Å². The van der Waals surface area contributed by atoms with Crippen LogP contribution in [0.4, 0.5) is 17.1 Å². The number of benzene rings is 8. The summed E-state index contributed by atoms with van der Waals surface area (Å²) in [6.07, 6.45) is 0. The van der Waals surface area contributed by atoms with Crippen molar-refractivity contribution in [1.82, 2.24) is 0 Å². The Balaban J connectivity index is 1.16. The second kappa shape index (κ2) is 11.3. The molecule has 0 N–H and O–H groups in total. The van der Waals surface area contributed by atoms with Gasteiger partial charge in [0.15, 0.2) is 0 Å². The van der Waals surface area contributed by atoms with Crippen LogP contribution in [0.15, 0.2) is 180 Å². The lowest BCUT2D eigenvalue weighted by atomic mass is 9.82. The van der Waals surface area contributed by atoms with Gasteiger partial charge < -0.3 is 9.32 Å². The number of para-hydroxylation sites is 1. The molecule has 2 heteroatoms. The third-order valence-electron chi connectivity index (χ3n) is 10.9. The zero-order chi connectivity index (χ0) is 34.1. The lowest BCUT2D eigenvalue weighted by Crippen LogP contribution is -2.16. The van der Waals surface area contributed by atoms with Gasteiger partial charge in [-0.15, -0.1) is 0 Å². The summed E-state index contributed by atoms with van der Waals surface area (Å²) in [4.78, 5) is 2.44. The van der Waals surface area contributed by atoms with Crippen LogP contribution < -0.4 is 4.90 Å². The van der Waals surface area contributed by atoms with Crippen molar-refractivity contribution in [3.05, 3.63) is 187 Å². The molecule has 1 aromatic heterocycles. The molecule has 0 spiro atoms. The summed E-state index contributed by atoms with van der Waals surface area (Å²) < 4.78 is 6.18. The summed E-state index contributed by atoms with van der Waals surface area (Å²) in [6, 6.07) is 63.8. The molecule has 0 saturated carbocycles. The Bertz CT molecular complexity index is 2770. The highest BCUT2D eigenvalue weighted by molar-refractivity contribution is 6.10. The van der Waals surface area contributed by atoms with Crippen LogP contribution >= 0.6 is 0 Å². The van der Waals surface area contributed by atoms with E-state index in [-0.39, 0.29) is 5.41 Å². The van der Waals surface area contributed by atoms with Crippen LogP contribution in [0.25, 0.3) is 66.1 Å². The molecule has 1 aliphatic rings. The Hall–Kier alpha value is -6.38. The third kappa shape index (κ3) is 4.64. The van der Waals surface area contributed by atoms with E-state index in [1.165, 1.54) is 55.3 Å². The minimum atomic E-state index is -0.105. The van der Waals surface area contributed by atoms with Crippen LogP contribution in [0.5, 0.6) is 0 Å². The van der Waals surface area contributed by atoms with Crippen molar-refractivity contribution in [1.29, 1.82) is 0 Å². The molecule has 0 aliphatic heterocycles. The van der Waals surface area contributed by atoms with E-state index in [2.05, 4.69) is 183 Å². The van der Waals surface area contributed by atoms with Gasteiger partial charge in [0.05, 0.1) is 5.69 Å². The SMILES string of the molecule is CC1(C)c2ccccc2-c2ccc(N(c3ccc(-c4ccccc4)cc3)c3ccc(-c4ccc5oc6ccccc6c5c4)c4ccccc34)cc21. The first kappa shape index (κ1) is 29.5. The number of fused-ring (bicyclic) bond motifs is 7. The van der Waals surface area contributed by atoms with Crippen LogP contribution in [0.2, 0.25) is 0 Å². The summed E-state index contributed by atoms with van der Waals surface area (Å²) in [6.45, 7) is 4.70. The smallest absolute Gasteiger partial charge is 0.135 e. The van der Waals surface area contributed by atoms with Gasteiger partial charge in [0.25, 0.3) is 0 Å². The Kier molecular flexibility index (Phi) is 6.56. The lowest BCUT2D eigenvalue weighted by Gasteiger charge is -2.29. The number of anilines is 3. The molecule has 0 saturated heterocycles. The van der Waals surface area contributed by atoms with E-state index in [1.54, 1.807) is 0 Å². The van der Waals surface area contributed by atoms with Crippen molar-refractivity contribution < 1.29 is 4.42 Å². The van der Waals surface area contributed by atoms with Gasteiger partial charge in [-0.25, -0.2) is 0 Å². The van der Waals surface area contributed by atoms with Crippen LogP contribution in [-0.4, -0.2) is 0 Å². The first-order valence-corrected chi connectivity index (χ1v) is 17.7. The van der Waals surface area contributed by atoms with Crippen molar-refractivity contribution in [3.8, 4) is 33.4 Å². The number of nitrogens with zero attached hydrogens (tertiary/aromatic N) is 1. The zero-order valence-electron chi connectivity index (χ0n) is 28.6. The molecule has 242 valence electrons. The summed E-state index contributed by atoms with van der Waals surface area (Å²) >= 11 is 0. The van der Waals surface area contributed by atoms with Crippen LogP contribution in [-0.2, 0) is 5.41 Å². The molecule has 0 atom stereocenters. The Morgan fingerprint density at radius 1 is 0.392 bits per heavy atom. The van der Waals surface area contributed by atoms with Gasteiger partial charge in [0.2, 0.25) is 0 Å². The maximum Gasteiger partial charge on any atom is 0.135 e. The van der Waals surface area contributed by atoms with E-state index in [0.29, 0.717) is 0 Å². The summed E-state index contributed by atoms with van der Waals surface area (Å²) in [5.41, 5.74) is 15.3. The molecule has 0 unspecified atom stereocenters.